The first kappa shape index (κ1) is 16.8. The molecule has 1 heterocycles. The molecule has 0 spiro atoms. The Morgan fingerprint density at radius 2 is 1.92 bits per heavy atom. The minimum absolute atomic E-state index is 0.164. The lowest BCUT2D eigenvalue weighted by molar-refractivity contribution is 0.357. The molecule has 5 nitrogen and oxygen atoms in total. The first-order valence-electron chi connectivity index (χ1n) is 7.80. The van der Waals surface area contributed by atoms with E-state index in [1.807, 2.05) is 32.0 Å². The number of sulfonamides is 1. The highest BCUT2D eigenvalue weighted by molar-refractivity contribution is 7.89. The van der Waals surface area contributed by atoms with Crippen LogP contribution in [0.3, 0.4) is 0 Å². The molecule has 6 heteroatoms. The van der Waals surface area contributed by atoms with Gasteiger partial charge in [0, 0.05) is 13.0 Å². The minimum Gasteiger partial charge on any atom is -0.495 e. The van der Waals surface area contributed by atoms with Crippen LogP contribution in [0.2, 0.25) is 0 Å². The van der Waals surface area contributed by atoms with Crippen LogP contribution < -0.4 is 14.2 Å². The van der Waals surface area contributed by atoms with Gasteiger partial charge in [-0.1, -0.05) is 12.1 Å². The fourth-order valence-electron chi connectivity index (χ4n) is 2.74. The lowest BCUT2D eigenvalue weighted by Crippen LogP contribution is -2.24. The summed E-state index contributed by atoms with van der Waals surface area (Å²) in [5, 5.41) is 0. The summed E-state index contributed by atoms with van der Waals surface area (Å²) in [7, 11) is -2.18. The van der Waals surface area contributed by atoms with Crippen LogP contribution in [-0.4, -0.2) is 22.1 Å². The van der Waals surface area contributed by atoms with Crippen molar-refractivity contribution in [1.82, 2.24) is 4.72 Å². The fourth-order valence-corrected chi connectivity index (χ4v) is 3.99. The van der Waals surface area contributed by atoms with E-state index in [1.165, 1.54) is 7.11 Å². The molecular weight excluding hydrogens is 326 g/mol. The van der Waals surface area contributed by atoms with E-state index in [0.717, 1.165) is 34.4 Å². The standard InChI is InChI=1S/C18H21NO4S/c1-12-8-17(22-3)18(9-13(12)2)24(20,21)19-11-14-4-5-16-15(10-14)6-7-23-16/h4-5,8-10,19H,6-7,11H2,1-3H3. The Bertz CT molecular complexity index is 875. The van der Waals surface area contributed by atoms with Gasteiger partial charge in [-0.05, 0) is 54.3 Å². The van der Waals surface area contributed by atoms with Crippen molar-refractivity contribution in [3.05, 3.63) is 52.6 Å². The highest BCUT2D eigenvalue weighted by atomic mass is 32.2. The predicted octanol–water partition coefficient (Wildman–Crippen LogP) is 2.73. The van der Waals surface area contributed by atoms with Gasteiger partial charge in [-0.15, -0.1) is 0 Å². The van der Waals surface area contributed by atoms with Crippen molar-refractivity contribution in [1.29, 1.82) is 0 Å². The molecule has 2 aromatic rings. The highest BCUT2D eigenvalue weighted by Crippen LogP contribution is 2.28. The van der Waals surface area contributed by atoms with Crippen LogP contribution in [-0.2, 0) is 23.0 Å². The van der Waals surface area contributed by atoms with Gasteiger partial charge in [-0.25, -0.2) is 13.1 Å². The maximum absolute atomic E-state index is 12.7. The third-order valence-electron chi connectivity index (χ3n) is 4.29. The Labute approximate surface area is 142 Å². The molecule has 0 fully saturated rings. The number of nitrogens with one attached hydrogen (secondary N) is 1. The van der Waals surface area contributed by atoms with Crippen LogP contribution in [0, 0.1) is 13.8 Å². The molecule has 2 aromatic carbocycles. The van der Waals surface area contributed by atoms with Gasteiger partial charge in [-0.3, -0.25) is 0 Å². The Morgan fingerprint density at radius 1 is 1.17 bits per heavy atom. The van der Waals surface area contributed by atoms with Crippen molar-refractivity contribution in [3.63, 3.8) is 0 Å². The van der Waals surface area contributed by atoms with Crippen molar-refractivity contribution in [2.24, 2.45) is 0 Å². The van der Waals surface area contributed by atoms with Crippen LogP contribution in [0.15, 0.2) is 35.2 Å². The maximum Gasteiger partial charge on any atom is 0.244 e. The SMILES string of the molecule is COc1cc(C)c(C)cc1S(=O)(=O)NCc1ccc2c(c1)CCO2. The van der Waals surface area contributed by atoms with Crippen LogP contribution in [0.25, 0.3) is 0 Å². The molecule has 0 radical (unpaired) electrons. The average Bonchev–Trinajstić information content (AvgIpc) is 3.02. The summed E-state index contributed by atoms with van der Waals surface area (Å²) in [5.41, 5.74) is 3.93. The van der Waals surface area contributed by atoms with Crippen molar-refractivity contribution in [2.75, 3.05) is 13.7 Å². The van der Waals surface area contributed by atoms with Gasteiger partial charge in [0.1, 0.15) is 16.4 Å². The number of fused-ring (bicyclic) bond motifs is 1. The second kappa shape index (κ2) is 6.45. The number of benzene rings is 2. The normalized spacial score (nSPS) is 13.5. The third kappa shape index (κ3) is 3.25. The molecule has 0 saturated carbocycles. The number of hydrogen-bond donors (Lipinski definition) is 1. The van der Waals surface area contributed by atoms with Gasteiger partial charge in [0.05, 0.1) is 13.7 Å². The van der Waals surface area contributed by atoms with Gasteiger partial charge < -0.3 is 9.47 Å². The van der Waals surface area contributed by atoms with E-state index < -0.39 is 10.0 Å². The number of methoxy groups -OCH3 is 1. The van der Waals surface area contributed by atoms with Gasteiger partial charge in [0.2, 0.25) is 10.0 Å². The molecule has 0 aromatic heterocycles. The lowest BCUT2D eigenvalue weighted by Gasteiger charge is -2.13. The Balaban J connectivity index is 1.83. The van der Waals surface area contributed by atoms with Crippen LogP contribution >= 0.6 is 0 Å². The zero-order chi connectivity index (χ0) is 17.3. The molecule has 0 amide bonds. The quantitative estimate of drug-likeness (QED) is 0.903. The molecule has 1 aliphatic rings. The molecule has 0 aliphatic carbocycles. The maximum atomic E-state index is 12.7. The zero-order valence-electron chi connectivity index (χ0n) is 14.0. The van der Waals surface area contributed by atoms with Crippen LogP contribution in [0.4, 0.5) is 0 Å². The van der Waals surface area contributed by atoms with E-state index in [1.54, 1.807) is 12.1 Å². The van der Waals surface area contributed by atoms with E-state index in [0.29, 0.717) is 12.4 Å². The third-order valence-corrected chi connectivity index (χ3v) is 5.71. The molecule has 0 unspecified atom stereocenters. The second-order valence-electron chi connectivity index (χ2n) is 5.95. The van der Waals surface area contributed by atoms with Crippen molar-refractivity contribution >= 4 is 10.0 Å². The largest absolute Gasteiger partial charge is 0.495 e. The van der Waals surface area contributed by atoms with Gasteiger partial charge in [0.25, 0.3) is 0 Å². The monoisotopic (exact) mass is 347 g/mol. The van der Waals surface area contributed by atoms with E-state index in [9.17, 15) is 8.42 Å². The fraction of sp³-hybridized carbons (Fsp3) is 0.333. The zero-order valence-corrected chi connectivity index (χ0v) is 14.9. The molecule has 0 atom stereocenters. The molecule has 1 N–H and O–H groups in total. The summed E-state index contributed by atoms with van der Waals surface area (Å²) in [6.45, 7) is 4.72. The summed E-state index contributed by atoms with van der Waals surface area (Å²) in [6, 6.07) is 9.15. The predicted molar refractivity (Wildman–Crippen MR) is 92.1 cm³/mol. The summed E-state index contributed by atoms with van der Waals surface area (Å²) in [5.74, 6) is 1.24. The highest BCUT2D eigenvalue weighted by Gasteiger charge is 2.21. The van der Waals surface area contributed by atoms with Crippen molar-refractivity contribution < 1.29 is 17.9 Å². The smallest absolute Gasteiger partial charge is 0.244 e. The van der Waals surface area contributed by atoms with E-state index in [-0.39, 0.29) is 11.4 Å². The first-order valence-corrected chi connectivity index (χ1v) is 9.28. The second-order valence-corrected chi connectivity index (χ2v) is 7.69. The summed E-state index contributed by atoms with van der Waals surface area (Å²) in [4.78, 5) is 0.164. The van der Waals surface area contributed by atoms with E-state index >= 15 is 0 Å². The van der Waals surface area contributed by atoms with Crippen molar-refractivity contribution in [3.8, 4) is 11.5 Å². The number of aryl methyl sites for hydroxylation is 2. The van der Waals surface area contributed by atoms with E-state index in [2.05, 4.69) is 4.72 Å². The number of hydrogen-bond acceptors (Lipinski definition) is 4. The van der Waals surface area contributed by atoms with Crippen LogP contribution in [0.5, 0.6) is 11.5 Å². The van der Waals surface area contributed by atoms with Gasteiger partial charge in [0.15, 0.2) is 0 Å². The molecule has 1 aliphatic heterocycles. The number of ether oxygens (including phenoxy) is 2. The molecule has 0 saturated heterocycles. The summed E-state index contributed by atoms with van der Waals surface area (Å²) in [6.07, 6.45) is 0.862. The lowest BCUT2D eigenvalue weighted by atomic mass is 10.1. The Kier molecular flexibility index (Phi) is 4.51. The van der Waals surface area contributed by atoms with Crippen LogP contribution in [0.1, 0.15) is 22.3 Å². The number of rotatable bonds is 5. The summed E-state index contributed by atoms with van der Waals surface area (Å²) < 4.78 is 38.7. The molecule has 3 rings (SSSR count). The minimum atomic E-state index is -3.66. The van der Waals surface area contributed by atoms with E-state index in [4.69, 9.17) is 9.47 Å². The topological polar surface area (TPSA) is 64.6 Å². The Hall–Kier alpha value is -2.05. The molecule has 24 heavy (non-hydrogen) atoms. The molecular formula is C18H21NO4S. The summed E-state index contributed by atoms with van der Waals surface area (Å²) >= 11 is 0. The molecule has 0 bridgehead atoms. The Morgan fingerprint density at radius 3 is 2.67 bits per heavy atom. The van der Waals surface area contributed by atoms with Crippen molar-refractivity contribution in [2.45, 2.75) is 31.7 Å². The average molecular weight is 347 g/mol. The molecule has 128 valence electrons. The van der Waals surface area contributed by atoms with Gasteiger partial charge in [-0.2, -0.15) is 0 Å². The van der Waals surface area contributed by atoms with Gasteiger partial charge >= 0.3 is 0 Å². The first-order chi connectivity index (χ1) is 11.4.